The summed E-state index contributed by atoms with van der Waals surface area (Å²) < 4.78 is 0. The van der Waals surface area contributed by atoms with Crippen LogP contribution in [0.1, 0.15) is 22.0 Å². The number of nitrogens with one attached hydrogen (secondary N) is 1. The maximum absolute atomic E-state index is 11.7. The van der Waals surface area contributed by atoms with E-state index in [-0.39, 0.29) is 18.3 Å². The summed E-state index contributed by atoms with van der Waals surface area (Å²) >= 11 is 0. The molecule has 0 radical (unpaired) electrons. The maximum atomic E-state index is 11.7. The van der Waals surface area contributed by atoms with Crippen molar-refractivity contribution in [3.05, 3.63) is 35.4 Å². The van der Waals surface area contributed by atoms with Crippen molar-refractivity contribution < 1.29 is 14.7 Å². The molecule has 1 aromatic carbocycles. The third-order valence-electron chi connectivity index (χ3n) is 2.38. The molecule has 0 aliphatic carbocycles. The van der Waals surface area contributed by atoms with Gasteiger partial charge in [0.05, 0.1) is 0 Å². The molecule has 1 atom stereocenters. The Balaban J connectivity index is 0.00000128. The highest BCUT2D eigenvalue weighted by Gasteiger charge is 2.32. The molecule has 1 unspecified atom stereocenters. The lowest BCUT2D eigenvalue weighted by molar-refractivity contribution is -0.141. The summed E-state index contributed by atoms with van der Waals surface area (Å²) in [7, 11) is 1.51. The van der Waals surface area contributed by atoms with Crippen molar-refractivity contribution in [1.29, 1.82) is 0 Å². The molecule has 0 saturated heterocycles. The van der Waals surface area contributed by atoms with Gasteiger partial charge in [-0.25, -0.2) is 5.43 Å². The Morgan fingerprint density at radius 3 is 2.69 bits per heavy atom. The molecule has 6 heteroatoms. The Morgan fingerprint density at radius 1 is 1.44 bits per heavy atom. The van der Waals surface area contributed by atoms with Crippen molar-refractivity contribution >= 4 is 24.3 Å². The fraction of sp³-hybridized carbons (Fsp3) is 0.200. The molecule has 2 N–H and O–H groups in total. The van der Waals surface area contributed by atoms with Gasteiger partial charge < -0.3 is 5.11 Å². The fourth-order valence-corrected chi connectivity index (χ4v) is 1.63. The molecule has 5 nitrogen and oxygen atoms in total. The van der Waals surface area contributed by atoms with Crippen molar-refractivity contribution in [2.45, 2.75) is 6.04 Å². The van der Waals surface area contributed by atoms with Gasteiger partial charge in [-0.15, -0.1) is 12.4 Å². The first-order valence-corrected chi connectivity index (χ1v) is 4.47. The summed E-state index contributed by atoms with van der Waals surface area (Å²) in [5.74, 6) is -1.22. The monoisotopic (exact) mass is 242 g/mol. The van der Waals surface area contributed by atoms with E-state index >= 15 is 0 Å². The van der Waals surface area contributed by atoms with Crippen molar-refractivity contribution in [1.82, 2.24) is 10.4 Å². The first-order valence-electron chi connectivity index (χ1n) is 4.47. The second-order valence-corrected chi connectivity index (χ2v) is 3.35. The smallest absolute Gasteiger partial charge is 0.327 e. The topological polar surface area (TPSA) is 69.6 Å². The van der Waals surface area contributed by atoms with Crippen LogP contribution in [0.2, 0.25) is 0 Å². The van der Waals surface area contributed by atoms with Crippen LogP contribution in [0.4, 0.5) is 0 Å². The summed E-state index contributed by atoms with van der Waals surface area (Å²) in [4.78, 5) is 22.6. The van der Waals surface area contributed by atoms with E-state index in [4.69, 9.17) is 5.11 Å². The molecule has 1 heterocycles. The number of hydrogen-bond donors (Lipinski definition) is 2. The molecule has 1 aliphatic heterocycles. The zero-order valence-corrected chi connectivity index (χ0v) is 9.32. The van der Waals surface area contributed by atoms with Gasteiger partial charge in [0.2, 0.25) is 0 Å². The summed E-state index contributed by atoms with van der Waals surface area (Å²) in [5.41, 5.74) is 3.55. The highest BCUT2D eigenvalue weighted by Crippen LogP contribution is 2.23. The van der Waals surface area contributed by atoms with Gasteiger partial charge in [0.25, 0.3) is 5.91 Å². The van der Waals surface area contributed by atoms with E-state index in [9.17, 15) is 9.59 Å². The van der Waals surface area contributed by atoms with E-state index < -0.39 is 12.0 Å². The quantitative estimate of drug-likeness (QED) is 0.765. The average molecular weight is 243 g/mol. The molecule has 0 aromatic heterocycles. The number of aliphatic carboxylic acids is 1. The largest absolute Gasteiger partial charge is 0.480 e. The minimum absolute atomic E-state index is 0. The number of carbonyl (C=O) groups is 2. The van der Waals surface area contributed by atoms with Gasteiger partial charge in [-0.2, -0.15) is 0 Å². The maximum Gasteiger partial charge on any atom is 0.327 e. The first-order chi connectivity index (χ1) is 7.11. The van der Waals surface area contributed by atoms with Gasteiger partial charge in [0.15, 0.2) is 0 Å². The van der Waals surface area contributed by atoms with Crippen molar-refractivity contribution in [2.75, 3.05) is 7.05 Å². The third-order valence-corrected chi connectivity index (χ3v) is 2.38. The Morgan fingerprint density at radius 2 is 2.06 bits per heavy atom. The van der Waals surface area contributed by atoms with Crippen molar-refractivity contribution in [3.63, 3.8) is 0 Å². The predicted molar refractivity (Wildman–Crippen MR) is 59.3 cm³/mol. The summed E-state index contributed by atoms with van der Waals surface area (Å²) in [6, 6.07) is 5.85. The lowest BCUT2D eigenvalue weighted by Gasteiger charge is -2.30. The number of halogens is 1. The Bertz CT molecular complexity index is 436. The third kappa shape index (κ3) is 1.87. The fourth-order valence-electron chi connectivity index (χ4n) is 1.63. The minimum Gasteiger partial charge on any atom is -0.480 e. The number of nitrogens with zero attached hydrogens (tertiary/aromatic N) is 1. The van der Waals surface area contributed by atoms with Crippen LogP contribution in [0, 0.1) is 0 Å². The number of rotatable bonds is 1. The number of hydrogen-bond acceptors (Lipinski definition) is 3. The summed E-state index contributed by atoms with van der Waals surface area (Å²) in [6.07, 6.45) is 0. The van der Waals surface area contributed by atoms with Crippen molar-refractivity contribution in [3.8, 4) is 0 Å². The summed E-state index contributed by atoms with van der Waals surface area (Å²) in [6.45, 7) is 0. The van der Waals surface area contributed by atoms with E-state index in [0.29, 0.717) is 11.1 Å². The molecule has 1 amide bonds. The van der Waals surface area contributed by atoms with Crippen LogP contribution in [0.15, 0.2) is 24.3 Å². The average Bonchev–Trinajstić information content (AvgIpc) is 2.23. The first kappa shape index (κ1) is 12.5. The number of amides is 1. The highest BCUT2D eigenvalue weighted by atomic mass is 35.5. The van der Waals surface area contributed by atoms with Gasteiger partial charge in [0.1, 0.15) is 6.04 Å². The molecular formula is C10H11ClN2O3. The van der Waals surface area contributed by atoms with Crippen LogP contribution in [0.25, 0.3) is 0 Å². The molecule has 16 heavy (non-hydrogen) atoms. The lowest BCUT2D eigenvalue weighted by atomic mass is 9.98. The standard InChI is InChI=1S/C10H10N2O3.ClH/c1-12-9(13)7-5-3-2-4-6(7)8(11-12)10(14)15;/h2-5,8,11H,1H3,(H,14,15);1H. The predicted octanol–water partition coefficient (Wildman–Crippen LogP) is 0.824. The Hall–Kier alpha value is -1.59. The molecule has 0 spiro atoms. The molecule has 2 rings (SSSR count). The number of carboxylic acids is 1. The van der Waals surface area contributed by atoms with Crippen LogP contribution >= 0.6 is 12.4 Å². The Labute approximate surface area is 98.4 Å². The van der Waals surface area contributed by atoms with Gasteiger partial charge in [0, 0.05) is 12.6 Å². The van der Waals surface area contributed by atoms with E-state index in [0.717, 1.165) is 0 Å². The number of carboxylic acid groups (broad SMARTS) is 1. The van der Waals surface area contributed by atoms with Crippen LogP contribution < -0.4 is 5.43 Å². The highest BCUT2D eigenvalue weighted by molar-refractivity contribution is 5.98. The molecule has 0 saturated carbocycles. The normalized spacial score (nSPS) is 18.7. The van der Waals surface area contributed by atoms with Gasteiger partial charge in [-0.3, -0.25) is 14.6 Å². The minimum atomic E-state index is -0.998. The zero-order chi connectivity index (χ0) is 11.0. The van der Waals surface area contributed by atoms with Gasteiger partial charge in [-0.05, 0) is 11.6 Å². The van der Waals surface area contributed by atoms with Crippen molar-refractivity contribution in [2.24, 2.45) is 0 Å². The number of benzene rings is 1. The second-order valence-electron chi connectivity index (χ2n) is 3.35. The van der Waals surface area contributed by atoms with Crippen LogP contribution in [0.5, 0.6) is 0 Å². The zero-order valence-electron chi connectivity index (χ0n) is 8.51. The van der Waals surface area contributed by atoms with Crippen LogP contribution in [-0.4, -0.2) is 29.0 Å². The van der Waals surface area contributed by atoms with Crippen LogP contribution in [0.3, 0.4) is 0 Å². The van der Waals surface area contributed by atoms with Gasteiger partial charge in [-0.1, -0.05) is 18.2 Å². The number of carbonyl (C=O) groups excluding carboxylic acids is 1. The molecular weight excluding hydrogens is 232 g/mol. The molecule has 86 valence electrons. The molecule has 1 aliphatic rings. The van der Waals surface area contributed by atoms with E-state index in [1.54, 1.807) is 24.3 Å². The lowest BCUT2D eigenvalue weighted by Crippen LogP contribution is -2.49. The molecule has 0 bridgehead atoms. The van der Waals surface area contributed by atoms with E-state index in [2.05, 4.69) is 5.43 Å². The SMILES string of the molecule is CN1NC(C(=O)O)c2ccccc2C1=O.Cl. The number of fused-ring (bicyclic) bond motifs is 1. The Kier molecular flexibility index (Phi) is 3.51. The van der Waals surface area contributed by atoms with Gasteiger partial charge >= 0.3 is 5.97 Å². The van der Waals surface area contributed by atoms with Crippen LogP contribution in [-0.2, 0) is 4.79 Å². The van der Waals surface area contributed by atoms with E-state index in [1.807, 2.05) is 0 Å². The summed E-state index contributed by atoms with van der Waals surface area (Å²) in [5, 5.41) is 10.2. The second kappa shape index (κ2) is 4.51. The molecule has 0 fully saturated rings. The number of hydrazine groups is 1. The molecule has 1 aromatic rings. The van der Waals surface area contributed by atoms with E-state index in [1.165, 1.54) is 12.1 Å².